The molecule has 1 N–H and O–H groups in total. The van der Waals surface area contributed by atoms with E-state index in [0.29, 0.717) is 6.42 Å². The van der Waals surface area contributed by atoms with Crippen molar-refractivity contribution in [2.45, 2.75) is 25.8 Å². The second-order valence-corrected chi connectivity index (χ2v) is 4.87. The van der Waals surface area contributed by atoms with Crippen molar-refractivity contribution >= 4 is 11.5 Å². The van der Waals surface area contributed by atoms with E-state index in [1.165, 1.54) is 0 Å². The van der Waals surface area contributed by atoms with E-state index in [0.717, 1.165) is 37.3 Å². The van der Waals surface area contributed by atoms with E-state index in [1.807, 2.05) is 24.3 Å². The van der Waals surface area contributed by atoms with Crippen molar-refractivity contribution in [2.75, 3.05) is 24.5 Å². The predicted molar refractivity (Wildman–Crippen MR) is 75.3 cm³/mol. The molecule has 0 bridgehead atoms. The summed E-state index contributed by atoms with van der Waals surface area (Å²) in [5, 5.41) is 12.3. The van der Waals surface area contributed by atoms with Crippen LogP contribution in [-0.2, 0) is 0 Å². The van der Waals surface area contributed by atoms with Crippen molar-refractivity contribution in [3.63, 3.8) is 0 Å². The molecule has 1 aliphatic rings. The topological polar surface area (TPSA) is 56.1 Å². The molecule has 0 saturated carbocycles. The fourth-order valence-corrected chi connectivity index (χ4v) is 2.45. The first-order valence-corrected chi connectivity index (χ1v) is 6.67. The minimum absolute atomic E-state index is 0.0812. The average molecular weight is 257 g/mol. The molecule has 0 radical (unpaired) electrons. The van der Waals surface area contributed by atoms with Gasteiger partial charge in [-0.1, -0.05) is 0 Å². The molecule has 100 valence electrons. The van der Waals surface area contributed by atoms with E-state index < -0.39 is 0 Å². The molecule has 19 heavy (non-hydrogen) atoms. The van der Waals surface area contributed by atoms with Crippen LogP contribution in [0.5, 0.6) is 0 Å². The molecular weight excluding hydrogens is 238 g/mol. The summed E-state index contributed by atoms with van der Waals surface area (Å²) in [7, 11) is 0. The molecule has 1 aromatic rings. The number of Topliss-reactive ketones (excluding diaryl/α,β-unsaturated/α-hetero) is 1. The van der Waals surface area contributed by atoms with Crippen molar-refractivity contribution in [2.24, 2.45) is 0 Å². The van der Waals surface area contributed by atoms with Gasteiger partial charge in [0.2, 0.25) is 0 Å². The van der Waals surface area contributed by atoms with Gasteiger partial charge in [0.15, 0.2) is 5.78 Å². The SMILES string of the molecule is CC(=O)c1ccc(N2CCCNCC2CC#N)cc1. The molecule has 1 aliphatic heterocycles. The van der Waals surface area contributed by atoms with E-state index >= 15 is 0 Å². The van der Waals surface area contributed by atoms with Crippen LogP contribution < -0.4 is 10.2 Å². The average Bonchev–Trinajstić information content (AvgIpc) is 2.65. The Kier molecular flexibility index (Phi) is 4.53. The Morgan fingerprint density at radius 3 is 2.84 bits per heavy atom. The fraction of sp³-hybridized carbons (Fsp3) is 0.467. The summed E-state index contributed by atoms with van der Waals surface area (Å²) in [6.07, 6.45) is 1.58. The Balaban J connectivity index is 2.21. The minimum Gasteiger partial charge on any atom is -0.366 e. The van der Waals surface area contributed by atoms with Crippen LogP contribution in [0.1, 0.15) is 30.1 Å². The van der Waals surface area contributed by atoms with Gasteiger partial charge in [0, 0.05) is 24.3 Å². The molecule has 1 saturated heterocycles. The summed E-state index contributed by atoms with van der Waals surface area (Å²) in [6.45, 7) is 4.34. The van der Waals surface area contributed by atoms with Gasteiger partial charge in [0.05, 0.1) is 18.5 Å². The largest absolute Gasteiger partial charge is 0.366 e. The van der Waals surface area contributed by atoms with E-state index in [2.05, 4.69) is 16.3 Å². The van der Waals surface area contributed by atoms with Crippen LogP contribution in [0.4, 0.5) is 5.69 Å². The lowest BCUT2D eigenvalue weighted by molar-refractivity contribution is 0.101. The fourth-order valence-electron chi connectivity index (χ4n) is 2.45. The summed E-state index contributed by atoms with van der Waals surface area (Å²) in [6, 6.07) is 10.1. The molecule has 0 amide bonds. The van der Waals surface area contributed by atoms with E-state index in [-0.39, 0.29) is 11.8 Å². The number of hydrogen-bond donors (Lipinski definition) is 1. The van der Waals surface area contributed by atoms with Crippen molar-refractivity contribution in [1.82, 2.24) is 5.32 Å². The molecular formula is C15H19N3O. The van der Waals surface area contributed by atoms with Crippen LogP contribution in [0.3, 0.4) is 0 Å². The van der Waals surface area contributed by atoms with Crippen LogP contribution in [0.15, 0.2) is 24.3 Å². The van der Waals surface area contributed by atoms with Crippen LogP contribution in [0.2, 0.25) is 0 Å². The van der Waals surface area contributed by atoms with Crippen LogP contribution >= 0.6 is 0 Å². The zero-order valence-electron chi connectivity index (χ0n) is 11.2. The number of nitriles is 1. The van der Waals surface area contributed by atoms with Gasteiger partial charge in [-0.25, -0.2) is 0 Å². The van der Waals surface area contributed by atoms with Crippen molar-refractivity contribution in [3.05, 3.63) is 29.8 Å². The van der Waals surface area contributed by atoms with Gasteiger partial charge in [-0.2, -0.15) is 5.26 Å². The molecule has 1 unspecified atom stereocenters. The predicted octanol–water partition coefficient (Wildman–Crippen LogP) is 1.97. The molecule has 1 fully saturated rings. The zero-order chi connectivity index (χ0) is 13.7. The van der Waals surface area contributed by atoms with Crippen molar-refractivity contribution in [3.8, 4) is 6.07 Å². The highest BCUT2D eigenvalue weighted by Crippen LogP contribution is 2.21. The van der Waals surface area contributed by atoms with Crippen LogP contribution in [0, 0.1) is 11.3 Å². The number of carbonyl (C=O) groups is 1. The Hall–Kier alpha value is -1.86. The number of hydrogen-bond acceptors (Lipinski definition) is 4. The number of carbonyl (C=O) groups excluding carboxylic acids is 1. The lowest BCUT2D eigenvalue weighted by Gasteiger charge is -2.30. The summed E-state index contributed by atoms with van der Waals surface area (Å²) >= 11 is 0. The Morgan fingerprint density at radius 1 is 1.47 bits per heavy atom. The number of benzene rings is 1. The summed E-state index contributed by atoms with van der Waals surface area (Å²) in [5.41, 5.74) is 1.82. The maximum atomic E-state index is 11.3. The number of rotatable bonds is 3. The molecule has 0 aliphatic carbocycles. The van der Waals surface area contributed by atoms with E-state index in [1.54, 1.807) is 6.92 Å². The van der Waals surface area contributed by atoms with Gasteiger partial charge in [0.25, 0.3) is 0 Å². The molecule has 4 nitrogen and oxygen atoms in total. The maximum Gasteiger partial charge on any atom is 0.159 e. The maximum absolute atomic E-state index is 11.3. The van der Waals surface area contributed by atoms with Gasteiger partial charge in [-0.05, 0) is 44.2 Å². The molecule has 0 aromatic heterocycles. The van der Waals surface area contributed by atoms with Gasteiger partial charge in [0.1, 0.15) is 0 Å². The highest BCUT2D eigenvalue weighted by Gasteiger charge is 2.20. The van der Waals surface area contributed by atoms with Gasteiger partial charge >= 0.3 is 0 Å². The zero-order valence-corrected chi connectivity index (χ0v) is 11.2. The highest BCUT2D eigenvalue weighted by atomic mass is 16.1. The summed E-state index contributed by atoms with van der Waals surface area (Å²) < 4.78 is 0. The van der Waals surface area contributed by atoms with Gasteiger partial charge in [-0.3, -0.25) is 4.79 Å². The Morgan fingerprint density at radius 2 is 2.21 bits per heavy atom. The first-order chi connectivity index (χ1) is 9.22. The number of nitrogens with zero attached hydrogens (tertiary/aromatic N) is 2. The highest BCUT2D eigenvalue weighted by molar-refractivity contribution is 5.94. The minimum atomic E-state index is 0.0812. The first-order valence-electron chi connectivity index (χ1n) is 6.67. The lowest BCUT2D eigenvalue weighted by Crippen LogP contribution is -2.39. The number of anilines is 1. The Bertz CT molecular complexity index is 475. The smallest absolute Gasteiger partial charge is 0.159 e. The Labute approximate surface area is 114 Å². The van der Waals surface area contributed by atoms with Gasteiger partial charge in [-0.15, -0.1) is 0 Å². The number of ketones is 1. The summed E-state index contributed by atoms with van der Waals surface area (Å²) in [4.78, 5) is 13.6. The molecule has 4 heteroatoms. The van der Waals surface area contributed by atoms with E-state index in [4.69, 9.17) is 5.26 Å². The van der Waals surface area contributed by atoms with Crippen LogP contribution in [0.25, 0.3) is 0 Å². The molecule has 1 atom stereocenters. The van der Waals surface area contributed by atoms with E-state index in [9.17, 15) is 4.79 Å². The summed E-state index contributed by atoms with van der Waals surface area (Å²) in [5.74, 6) is 0.0812. The second kappa shape index (κ2) is 6.35. The molecule has 2 rings (SSSR count). The standard InChI is InChI=1S/C15H19N3O/c1-12(19)13-3-5-14(6-4-13)18-10-2-9-17-11-15(18)7-8-16/h3-6,15,17H,2,7,9-11H2,1H3. The third-order valence-corrected chi connectivity index (χ3v) is 3.51. The second-order valence-electron chi connectivity index (χ2n) is 4.87. The molecule has 1 heterocycles. The third kappa shape index (κ3) is 3.33. The quantitative estimate of drug-likeness (QED) is 0.841. The van der Waals surface area contributed by atoms with Crippen molar-refractivity contribution < 1.29 is 4.79 Å². The first kappa shape index (κ1) is 13.6. The number of nitrogens with one attached hydrogen (secondary N) is 1. The van der Waals surface area contributed by atoms with Crippen LogP contribution in [-0.4, -0.2) is 31.5 Å². The molecule has 0 spiro atoms. The van der Waals surface area contributed by atoms with Gasteiger partial charge < -0.3 is 10.2 Å². The lowest BCUT2D eigenvalue weighted by atomic mass is 10.1. The normalized spacial score (nSPS) is 19.6. The monoisotopic (exact) mass is 257 g/mol. The molecule has 1 aromatic carbocycles. The van der Waals surface area contributed by atoms with Crippen molar-refractivity contribution in [1.29, 1.82) is 5.26 Å². The third-order valence-electron chi connectivity index (χ3n) is 3.51.